The van der Waals surface area contributed by atoms with E-state index in [0.717, 1.165) is 9.13 Å². The largest absolute Gasteiger partial charge is 0.339 e. The highest BCUT2D eigenvalue weighted by Crippen LogP contribution is 2.22. The number of halogens is 2. The molecule has 0 unspecified atom stereocenters. The van der Waals surface area contributed by atoms with E-state index in [0.29, 0.717) is 32.1 Å². The first-order valence-electron chi connectivity index (χ1n) is 7.26. The zero-order valence-corrected chi connectivity index (χ0v) is 15.7. The molecule has 1 heterocycles. The van der Waals surface area contributed by atoms with Crippen LogP contribution in [0.2, 0.25) is 0 Å². The molecule has 22 heavy (non-hydrogen) atoms. The maximum absolute atomic E-state index is 12.5. The van der Waals surface area contributed by atoms with E-state index in [-0.39, 0.29) is 11.8 Å². The Bertz CT molecular complexity index is 569. The van der Waals surface area contributed by atoms with Crippen LogP contribution < -0.4 is 0 Å². The fourth-order valence-corrected chi connectivity index (χ4v) is 3.14. The SMILES string of the molecule is CC(C)(CCl)C(=O)N1CCN(C(=O)c2ccccc2I)CC1. The topological polar surface area (TPSA) is 40.6 Å². The van der Waals surface area contributed by atoms with Gasteiger partial charge in [-0.25, -0.2) is 0 Å². The predicted octanol–water partition coefficient (Wildman–Crippen LogP) is 2.84. The normalized spacial score (nSPS) is 15.8. The monoisotopic (exact) mass is 434 g/mol. The first-order chi connectivity index (χ1) is 10.4. The van der Waals surface area contributed by atoms with Crippen molar-refractivity contribution < 1.29 is 9.59 Å². The van der Waals surface area contributed by atoms with Crippen molar-refractivity contribution in [3.63, 3.8) is 0 Å². The Labute approximate surface area is 149 Å². The van der Waals surface area contributed by atoms with Gasteiger partial charge in [-0.1, -0.05) is 12.1 Å². The number of rotatable bonds is 3. The number of carbonyl (C=O) groups is 2. The Balaban J connectivity index is 1.99. The summed E-state index contributed by atoms with van der Waals surface area (Å²) in [7, 11) is 0. The third-order valence-corrected chi connectivity index (χ3v) is 5.48. The van der Waals surface area contributed by atoms with Crippen molar-refractivity contribution in [3.8, 4) is 0 Å². The van der Waals surface area contributed by atoms with E-state index in [1.807, 2.05) is 47.9 Å². The standard InChI is InChI=1S/C16H20ClIN2O2/c1-16(2,11-17)15(22)20-9-7-19(8-10-20)14(21)12-5-3-4-6-13(12)18/h3-6H,7-11H2,1-2H3. The van der Waals surface area contributed by atoms with Crippen molar-refractivity contribution in [1.82, 2.24) is 9.80 Å². The number of amides is 2. The molecular weight excluding hydrogens is 415 g/mol. The van der Waals surface area contributed by atoms with E-state index >= 15 is 0 Å². The van der Waals surface area contributed by atoms with Crippen LogP contribution in [0, 0.1) is 8.99 Å². The van der Waals surface area contributed by atoms with Gasteiger partial charge in [0.2, 0.25) is 5.91 Å². The summed E-state index contributed by atoms with van der Waals surface area (Å²) in [5.41, 5.74) is 0.173. The van der Waals surface area contributed by atoms with Crippen LogP contribution in [-0.4, -0.2) is 53.7 Å². The van der Waals surface area contributed by atoms with Crippen molar-refractivity contribution in [2.24, 2.45) is 5.41 Å². The van der Waals surface area contributed by atoms with Gasteiger partial charge in [-0.05, 0) is 48.6 Å². The van der Waals surface area contributed by atoms with Gasteiger partial charge in [0.15, 0.2) is 0 Å². The zero-order valence-electron chi connectivity index (χ0n) is 12.8. The minimum absolute atomic E-state index is 0.0358. The molecule has 0 spiro atoms. The average molecular weight is 435 g/mol. The van der Waals surface area contributed by atoms with Crippen molar-refractivity contribution >= 4 is 46.0 Å². The Morgan fingerprint density at radius 1 is 1.14 bits per heavy atom. The lowest BCUT2D eigenvalue weighted by molar-refractivity contribution is -0.140. The van der Waals surface area contributed by atoms with Gasteiger partial charge in [0, 0.05) is 35.6 Å². The predicted molar refractivity (Wildman–Crippen MR) is 96.1 cm³/mol. The average Bonchev–Trinajstić information content (AvgIpc) is 2.54. The van der Waals surface area contributed by atoms with E-state index < -0.39 is 5.41 Å². The van der Waals surface area contributed by atoms with Gasteiger partial charge in [-0.15, -0.1) is 11.6 Å². The zero-order chi connectivity index (χ0) is 16.3. The lowest BCUT2D eigenvalue weighted by Gasteiger charge is -2.38. The maximum Gasteiger partial charge on any atom is 0.255 e. The summed E-state index contributed by atoms with van der Waals surface area (Å²) in [5.74, 6) is 0.394. The van der Waals surface area contributed by atoms with Crippen LogP contribution in [0.5, 0.6) is 0 Å². The van der Waals surface area contributed by atoms with Crippen LogP contribution in [0.4, 0.5) is 0 Å². The molecule has 2 rings (SSSR count). The Morgan fingerprint density at radius 3 is 2.23 bits per heavy atom. The highest BCUT2D eigenvalue weighted by molar-refractivity contribution is 14.1. The van der Waals surface area contributed by atoms with Gasteiger partial charge in [0.05, 0.1) is 11.0 Å². The van der Waals surface area contributed by atoms with E-state index in [4.69, 9.17) is 11.6 Å². The van der Waals surface area contributed by atoms with Gasteiger partial charge in [0.25, 0.3) is 5.91 Å². The summed E-state index contributed by atoms with van der Waals surface area (Å²) in [4.78, 5) is 28.6. The quantitative estimate of drug-likeness (QED) is 0.542. The van der Waals surface area contributed by atoms with Crippen LogP contribution in [0.15, 0.2) is 24.3 Å². The fourth-order valence-electron chi connectivity index (χ4n) is 2.40. The molecule has 0 saturated carbocycles. The molecule has 1 saturated heterocycles. The second-order valence-corrected chi connectivity index (χ2v) is 7.51. The maximum atomic E-state index is 12.5. The summed E-state index contributed by atoms with van der Waals surface area (Å²) in [6.45, 7) is 5.96. The molecule has 0 bridgehead atoms. The lowest BCUT2D eigenvalue weighted by Crippen LogP contribution is -2.53. The van der Waals surface area contributed by atoms with Crippen LogP contribution in [0.25, 0.3) is 0 Å². The summed E-state index contributed by atoms with van der Waals surface area (Å²) in [6.07, 6.45) is 0. The molecule has 0 aromatic heterocycles. The van der Waals surface area contributed by atoms with Crippen molar-refractivity contribution in [2.75, 3.05) is 32.1 Å². The van der Waals surface area contributed by atoms with Crippen LogP contribution in [0.1, 0.15) is 24.2 Å². The number of hydrogen-bond donors (Lipinski definition) is 0. The summed E-state index contributed by atoms with van der Waals surface area (Å²) < 4.78 is 0.951. The Morgan fingerprint density at radius 2 is 1.68 bits per heavy atom. The molecule has 0 atom stereocenters. The molecule has 1 aliphatic heterocycles. The lowest BCUT2D eigenvalue weighted by atomic mass is 9.94. The smallest absolute Gasteiger partial charge is 0.255 e. The van der Waals surface area contributed by atoms with Gasteiger partial charge in [0.1, 0.15) is 0 Å². The molecule has 0 N–H and O–H groups in total. The third-order valence-electron chi connectivity index (χ3n) is 3.87. The van der Waals surface area contributed by atoms with E-state index in [9.17, 15) is 9.59 Å². The highest BCUT2D eigenvalue weighted by atomic mass is 127. The Kier molecular flexibility index (Phi) is 5.71. The van der Waals surface area contributed by atoms with Gasteiger partial charge in [-0.3, -0.25) is 9.59 Å². The number of alkyl halides is 1. The molecular formula is C16H20ClIN2O2. The first kappa shape index (κ1) is 17.5. The number of hydrogen-bond acceptors (Lipinski definition) is 2. The molecule has 6 heteroatoms. The molecule has 0 radical (unpaired) electrons. The third kappa shape index (κ3) is 3.74. The molecule has 4 nitrogen and oxygen atoms in total. The van der Waals surface area contributed by atoms with Crippen LogP contribution >= 0.6 is 34.2 Å². The highest BCUT2D eigenvalue weighted by Gasteiger charge is 2.33. The second-order valence-electron chi connectivity index (χ2n) is 6.08. The van der Waals surface area contributed by atoms with Crippen molar-refractivity contribution in [2.45, 2.75) is 13.8 Å². The molecule has 1 fully saturated rings. The van der Waals surface area contributed by atoms with Crippen LogP contribution in [-0.2, 0) is 4.79 Å². The van der Waals surface area contributed by atoms with Crippen molar-refractivity contribution in [3.05, 3.63) is 33.4 Å². The molecule has 1 aliphatic rings. The number of benzene rings is 1. The number of carbonyl (C=O) groups excluding carboxylic acids is 2. The number of piperazine rings is 1. The molecule has 2 amide bonds. The second kappa shape index (κ2) is 7.17. The summed E-state index contributed by atoms with van der Waals surface area (Å²) in [6, 6.07) is 7.57. The minimum Gasteiger partial charge on any atom is -0.339 e. The van der Waals surface area contributed by atoms with Crippen LogP contribution in [0.3, 0.4) is 0 Å². The van der Waals surface area contributed by atoms with E-state index in [1.54, 1.807) is 0 Å². The molecule has 120 valence electrons. The fraction of sp³-hybridized carbons (Fsp3) is 0.500. The number of nitrogens with zero attached hydrogens (tertiary/aromatic N) is 2. The summed E-state index contributed by atoms with van der Waals surface area (Å²) >= 11 is 8.05. The molecule has 0 aliphatic carbocycles. The first-order valence-corrected chi connectivity index (χ1v) is 8.87. The van der Waals surface area contributed by atoms with Gasteiger partial charge in [-0.2, -0.15) is 0 Å². The molecule has 1 aromatic rings. The summed E-state index contributed by atoms with van der Waals surface area (Å²) in [5, 5.41) is 0. The molecule has 1 aromatic carbocycles. The Hall–Kier alpha value is -0.820. The van der Waals surface area contributed by atoms with Gasteiger partial charge >= 0.3 is 0 Å². The minimum atomic E-state index is -0.553. The van der Waals surface area contributed by atoms with Gasteiger partial charge < -0.3 is 9.80 Å². The van der Waals surface area contributed by atoms with E-state index in [1.165, 1.54) is 0 Å². The van der Waals surface area contributed by atoms with E-state index in [2.05, 4.69) is 22.6 Å². The van der Waals surface area contributed by atoms with Crippen molar-refractivity contribution in [1.29, 1.82) is 0 Å².